The van der Waals surface area contributed by atoms with Crippen LogP contribution in [-0.4, -0.2) is 52.7 Å². The maximum atomic E-state index is 10.6. The van der Waals surface area contributed by atoms with Crippen molar-refractivity contribution in [1.29, 1.82) is 5.26 Å². The number of rotatable bonds is 10. The summed E-state index contributed by atoms with van der Waals surface area (Å²) in [6.07, 6.45) is 3.98. The van der Waals surface area contributed by atoms with Crippen molar-refractivity contribution in [3.05, 3.63) is 41.5 Å². The standard InChI is InChI=1S/C29H38N2O5/c1-20(2)29(18-30,23-9-11-25-28(27(23)34-5)36-19-35-25)16-22-7-6-13-31(17-22)14-12-21-8-10-24(32-3)26(15-21)33-4/h8-11,15,20,22H,6-7,12-14,16-17,19H2,1-5H3. The van der Waals surface area contributed by atoms with E-state index in [9.17, 15) is 5.26 Å². The second kappa shape index (κ2) is 11.3. The number of likely N-dealkylation sites (tertiary alicyclic amines) is 1. The van der Waals surface area contributed by atoms with E-state index in [0.29, 0.717) is 23.2 Å². The van der Waals surface area contributed by atoms with Gasteiger partial charge in [-0.1, -0.05) is 19.9 Å². The quantitative estimate of drug-likeness (QED) is 0.449. The number of nitrogens with zero attached hydrogens (tertiary/aromatic N) is 2. The molecule has 0 aromatic heterocycles. The lowest BCUT2D eigenvalue weighted by Gasteiger charge is -2.39. The minimum absolute atomic E-state index is 0.110. The SMILES string of the molecule is COc1ccc(CCN2CCCC(CC(C#N)(c3ccc4c(c3OC)OCO4)C(C)C)C2)cc1OC. The highest BCUT2D eigenvalue weighted by Gasteiger charge is 2.43. The molecule has 1 fully saturated rings. The van der Waals surface area contributed by atoms with E-state index in [0.717, 1.165) is 62.4 Å². The first kappa shape index (κ1) is 26.0. The Bertz CT molecular complexity index is 1100. The first-order chi connectivity index (χ1) is 17.4. The summed E-state index contributed by atoms with van der Waals surface area (Å²) in [7, 11) is 4.96. The van der Waals surface area contributed by atoms with Crippen molar-refractivity contribution in [3.63, 3.8) is 0 Å². The smallest absolute Gasteiger partial charge is 0.231 e. The van der Waals surface area contributed by atoms with E-state index in [1.54, 1.807) is 21.3 Å². The number of fused-ring (bicyclic) bond motifs is 1. The predicted molar refractivity (Wildman–Crippen MR) is 138 cm³/mol. The average Bonchev–Trinajstić information content (AvgIpc) is 3.39. The molecule has 0 bridgehead atoms. The molecule has 2 aliphatic heterocycles. The molecule has 7 nitrogen and oxygen atoms in total. The molecular weight excluding hydrogens is 456 g/mol. The molecule has 2 aliphatic rings. The number of methoxy groups -OCH3 is 3. The van der Waals surface area contributed by atoms with Gasteiger partial charge in [-0.05, 0) is 73.9 Å². The lowest BCUT2D eigenvalue weighted by atomic mass is 9.66. The molecule has 0 N–H and O–H groups in total. The summed E-state index contributed by atoms with van der Waals surface area (Å²) in [5.74, 6) is 3.95. The summed E-state index contributed by atoms with van der Waals surface area (Å²) < 4.78 is 27.9. The van der Waals surface area contributed by atoms with Crippen molar-refractivity contribution in [2.24, 2.45) is 11.8 Å². The maximum Gasteiger partial charge on any atom is 0.231 e. The highest BCUT2D eigenvalue weighted by atomic mass is 16.7. The van der Waals surface area contributed by atoms with Gasteiger partial charge in [-0.25, -0.2) is 0 Å². The molecule has 0 spiro atoms. The fourth-order valence-corrected chi connectivity index (χ4v) is 5.69. The van der Waals surface area contributed by atoms with Gasteiger partial charge < -0.3 is 28.6 Å². The molecule has 194 valence electrons. The molecular formula is C29H38N2O5. The third kappa shape index (κ3) is 5.05. The zero-order chi connectivity index (χ0) is 25.7. The van der Waals surface area contributed by atoms with Crippen LogP contribution >= 0.6 is 0 Å². The number of nitriles is 1. The Kier molecular flexibility index (Phi) is 8.15. The molecule has 0 radical (unpaired) electrons. The van der Waals surface area contributed by atoms with Crippen LogP contribution in [0.25, 0.3) is 0 Å². The van der Waals surface area contributed by atoms with Crippen molar-refractivity contribution in [2.75, 3.05) is 47.8 Å². The molecule has 2 aromatic rings. The molecule has 4 rings (SSSR count). The number of piperidine rings is 1. The molecule has 2 atom stereocenters. The summed E-state index contributed by atoms with van der Waals surface area (Å²) in [5.41, 5.74) is 1.45. The van der Waals surface area contributed by atoms with Crippen LogP contribution in [0.5, 0.6) is 28.7 Å². The Morgan fingerprint density at radius 3 is 2.58 bits per heavy atom. The topological polar surface area (TPSA) is 73.2 Å². The van der Waals surface area contributed by atoms with E-state index in [1.165, 1.54) is 5.56 Å². The van der Waals surface area contributed by atoms with E-state index in [2.05, 4.69) is 36.9 Å². The molecule has 2 unspecified atom stereocenters. The number of hydrogen-bond donors (Lipinski definition) is 0. The Morgan fingerprint density at radius 1 is 1.08 bits per heavy atom. The minimum atomic E-state index is -0.677. The molecule has 2 heterocycles. The fraction of sp³-hybridized carbons (Fsp3) is 0.552. The third-order valence-electron chi connectivity index (χ3n) is 7.74. The zero-order valence-electron chi connectivity index (χ0n) is 22.1. The Morgan fingerprint density at radius 2 is 1.89 bits per heavy atom. The lowest BCUT2D eigenvalue weighted by Crippen LogP contribution is -2.41. The van der Waals surface area contributed by atoms with E-state index >= 15 is 0 Å². The summed E-state index contributed by atoms with van der Waals surface area (Å²) in [5, 5.41) is 10.6. The van der Waals surface area contributed by atoms with Crippen LogP contribution in [0.2, 0.25) is 0 Å². The Balaban J connectivity index is 1.49. The average molecular weight is 495 g/mol. The van der Waals surface area contributed by atoms with Crippen molar-refractivity contribution in [2.45, 2.75) is 44.9 Å². The second-order valence-electron chi connectivity index (χ2n) is 10.1. The van der Waals surface area contributed by atoms with E-state index < -0.39 is 5.41 Å². The van der Waals surface area contributed by atoms with Crippen LogP contribution in [0, 0.1) is 23.2 Å². The van der Waals surface area contributed by atoms with Gasteiger partial charge in [-0.3, -0.25) is 0 Å². The summed E-state index contributed by atoms with van der Waals surface area (Å²) in [4.78, 5) is 2.53. The fourth-order valence-electron chi connectivity index (χ4n) is 5.69. The number of benzene rings is 2. The summed E-state index contributed by atoms with van der Waals surface area (Å²) >= 11 is 0. The van der Waals surface area contributed by atoms with E-state index in [-0.39, 0.29) is 12.7 Å². The van der Waals surface area contributed by atoms with Gasteiger partial charge in [0.15, 0.2) is 23.0 Å². The first-order valence-electron chi connectivity index (χ1n) is 12.8. The first-order valence-corrected chi connectivity index (χ1v) is 12.8. The van der Waals surface area contributed by atoms with Gasteiger partial charge in [0.1, 0.15) is 0 Å². The van der Waals surface area contributed by atoms with Gasteiger partial charge in [0.05, 0.1) is 32.8 Å². The van der Waals surface area contributed by atoms with Crippen molar-refractivity contribution in [3.8, 4) is 34.8 Å². The van der Waals surface area contributed by atoms with Crippen LogP contribution < -0.4 is 23.7 Å². The van der Waals surface area contributed by atoms with Gasteiger partial charge in [0, 0.05) is 18.7 Å². The Hall–Kier alpha value is -3.11. The van der Waals surface area contributed by atoms with Crippen LogP contribution in [0.3, 0.4) is 0 Å². The summed E-state index contributed by atoms with van der Waals surface area (Å²) in [6.45, 7) is 7.47. The predicted octanol–water partition coefficient (Wildman–Crippen LogP) is 5.20. The van der Waals surface area contributed by atoms with Crippen LogP contribution in [-0.2, 0) is 11.8 Å². The van der Waals surface area contributed by atoms with E-state index in [1.807, 2.05) is 18.2 Å². The van der Waals surface area contributed by atoms with Crippen LogP contribution in [0.4, 0.5) is 0 Å². The Labute approximate surface area is 214 Å². The van der Waals surface area contributed by atoms with Crippen molar-refractivity contribution >= 4 is 0 Å². The lowest BCUT2D eigenvalue weighted by molar-refractivity contribution is 0.147. The van der Waals surface area contributed by atoms with Gasteiger partial charge in [0.25, 0.3) is 0 Å². The van der Waals surface area contributed by atoms with Gasteiger partial charge in [-0.15, -0.1) is 0 Å². The molecule has 7 heteroatoms. The van der Waals surface area contributed by atoms with Gasteiger partial charge in [0.2, 0.25) is 12.5 Å². The van der Waals surface area contributed by atoms with Gasteiger partial charge >= 0.3 is 0 Å². The minimum Gasteiger partial charge on any atom is -0.493 e. The van der Waals surface area contributed by atoms with Gasteiger partial charge in [-0.2, -0.15) is 5.26 Å². The molecule has 2 aromatic carbocycles. The highest BCUT2D eigenvalue weighted by Crippen LogP contribution is 2.51. The normalized spacial score (nSPS) is 19.0. The van der Waals surface area contributed by atoms with E-state index in [4.69, 9.17) is 23.7 Å². The second-order valence-corrected chi connectivity index (χ2v) is 10.1. The number of hydrogen-bond acceptors (Lipinski definition) is 7. The van der Waals surface area contributed by atoms with Crippen molar-refractivity contribution < 1.29 is 23.7 Å². The van der Waals surface area contributed by atoms with Crippen LogP contribution in [0.1, 0.15) is 44.2 Å². The highest BCUT2D eigenvalue weighted by molar-refractivity contribution is 5.60. The molecule has 0 saturated carbocycles. The largest absolute Gasteiger partial charge is 0.493 e. The maximum absolute atomic E-state index is 10.6. The third-order valence-corrected chi connectivity index (χ3v) is 7.74. The molecule has 0 aliphatic carbocycles. The zero-order valence-corrected chi connectivity index (χ0v) is 22.1. The number of ether oxygens (including phenoxy) is 5. The van der Waals surface area contributed by atoms with Crippen molar-refractivity contribution in [1.82, 2.24) is 4.90 Å². The molecule has 0 amide bonds. The van der Waals surface area contributed by atoms with Crippen LogP contribution in [0.15, 0.2) is 30.3 Å². The monoisotopic (exact) mass is 494 g/mol. The molecule has 36 heavy (non-hydrogen) atoms. The summed E-state index contributed by atoms with van der Waals surface area (Å²) in [6, 6.07) is 12.8. The molecule has 1 saturated heterocycles.